The normalized spacial score (nSPS) is 16.5. The number of halogens is 3. The third-order valence-electron chi connectivity index (χ3n) is 6.47. The fraction of sp³-hybridized carbons (Fsp3) is 0.161. The number of methoxy groups -OCH3 is 1. The van der Waals surface area contributed by atoms with Gasteiger partial charge in [-0.15, -0.1) is 11.7 Å². The molecule has 1 atom stereocenters. The number of ether oxygens (including phenoxy) is 1. The first-order chi connectivity index (χ1) is 20.3. The van der Waals surface area contributed by atoms with E-state index in [0.29, 0.717) is 27.7 Å². The highest BCUT2D eigenvalue weighted by atomic mass is 32.2. The molecule has 42 heavy (non-hydrogen) atoms. The summed E-state index contributed by atoms with van der Waals surface area (Å²) in [6.07, 6.45) is 0.628. The molecular formula is C31H26F3N5O2S. The molecule has 1 amide bonds. The topological polar surface area (TPSA) is 72.1 Å². The number of rotatable bonds is 9. The van der Waals surface area contributed by atoms with Gasteiger partial charge < -0.3 is 4.74 Å². The van der Waals surface area contributed by atoms with Crippen LogP contribution >= 0.6 is 11.8 Å². The van der Waals surface area contributed by atoms with Crippen LogP contribution in [-0.2, 0) is 17.4 Å². The Balaban J connectivity index is 1.42. The predicted molar refractivity (Wildman–Crippen MR) is 159 cm³/mol. The molecule has 0 radical (unpaired) electrons. The number of para-hydroxylation sites is 1. The highest BCUT2D eigenvalue weighted by molar-refractivity contribution is 8.15. The molecular weight excluding hydrogens is 563 g/mol. The van der Waals surface area contributed by atoms with Gasteiger partial charge in [0.25, 0.3) is 0 Å². The summed E-state index contributed by atoms with van der Waals surface area (Å²) in [6, 6.07) is 22.1. The average molecular weight is 590 g/mol. The Morgan fingerprint density at radius 1 is 1.07 bits per heavy atom. The third kappa shape index (κ3) is 6.46. The van der Waals surface area contributed by atoms with E-state index in [-0.39, 0.29) is 18.9 Å². The van der Waals surface area contributed by atoms with Gasteiger partial charge in [0.05, 0.1) is 29.8 Å². The number of amidine groups is 1. The van der Waals surface area contributed by atoms with Crippen LogP contribution in [0, 0.1) is 0 Å². The maximum absolute atomic E-state index is 13.2. The zero-order valence-electron chi connectivity index (χ0n) is 22.5. The van der Waals surface area contributed by atoms with Crippen molar-refractivity contribution in [3.63, 3.8) is 0 Å². The van der Waals surface area contributed by atoms with Crippen LogP contribution in [0.3, 0.4) is 0 Å². The van der Waals surface area contributed by atoms with E-state index < -0.39 is 17.0 Å². The summed E-state index contributed by atoms with van der Waals surface area (Å²) in [6.45, 7) is 3.91. The number of carbonyl (C=O) groups is 1. The van der Waals surface area contributed by atoms with E-state index in [1.807, 2.05) is 60.8 Å². The lowest BCUT2D eigenvalue weighted by molar-refractivity contribution is -0.137. The van der Waals surface area contributed by atoms with Crippen molar-refractivity contribution in [2.24, 2.45) is 10.2 Å². The number of hydrogen-bond donors (Lipinski definition) is 0. The van der Waals surface area contributed by atoms with Gasteiger partial charge in [-0.3, -0.25) is 9.69 Å². The second-order valence-corrected chi connectivity index (χ2v) is 10.5. The molecule has 5 rings (SSSR count). The molecule has 7 nitrogen and oxygen atoms in total. The van der Waals surface area contributed by atoms with Crippen molar-refractivity contribution in [2.75, 3.05) is 13.7 Å². The molecule has 11 heteroatoms. The molecule has 1 aliphatic rings. The molecule has 0 N–H and O–H groups in total. The first-order valence-corrected chi connectivity index (χ1v) is 13.8. The molecule has 4 aromatic rings. The second kappa shape index (κ2) is 12.5. The lowest BCUT2D eigenvalue weighted by atomic mass is 10.1. The summed E-state index contributed by atoms with van der Waals surface area (Å²) in [5.41, 5.74) is 2.74. The second-order valence-electron chi connectivity index (χ2n) is 9.32. The number of amides is 1. The van der Waals surface area contributed by atoms with E-state index in [4.69, 9.17) is 9.84 Å². The van der Waals surface area contributed by atoms with Crippen LogP contribution < -0.4 is 4.74 Å². The largest absolute Gasteiger partial charge is 0.497 e. The Labute approximate surface area is 245 Å². The fourth-order valence-electron chi connectivity index (χ4n) is 4.41. The minimum atomic E-state index is -4.46. The molecule has 1 aliphatic heterocycles. The number of nitrogens with zero attached hydrogens (tertiary/aromatic N) is 5. The van der Waals surface area contributed by atoms with Crippen LogP contribution in [0.2, 0.25) is 0 Å². The lowest BCUT2D eigenvalue weighted by Gasteiger charge is -2.13. The van der Waals surface area contributed by atoms with E-state index >= 15 is 0 Å². The Hall–Kier alpha value is -4.64. The van der Waals surface area contributed by atoms with Gasteiger partial charge in [-0.1, -0.05) is 54.2 Å². The van der Waals surface area contributed by atoms with Crippen LogP contribution in [0.15, 0.2) is 108 Å². The van der Waals surface area contributed by atoms with Gasteiger partial charge in [-0.2, -0.15) is 23.4 Å². The number of aromatic nitrogens is 2. The van der Waals surface area contributed by atoms with Gasteiger partial charge in [0.1, 0.15) is 11.4 Å². The van der Waals surface area contributed by atoms with Gasteiger partial charge >= 0.3 is 6.18 Å². The van der Waals surface area contributed by atoms with E-state index in [0.717, 1.165) is 23.4 Å². The maximum Gasteiger partial charge on any atom is 0.416 e. The lowest BCUT2D eigenvalue weighted by Crippen LogP contribution is -2.32. The molecule has 0 spiro atoms. The number of thioether (sulfide) groups is 1. The Bertz CT molecular complexity index is 1630. The smallest absolute Gasteiger partial charge is 0.416 e. The third-order valence-corrected chi connectivity index (χ3v) is 7.64. The molecule has 214 valence electrons. The van der Waals surface area contributed by atoms with Crippen LogP contribution in [0.5, 0.6) is 5.75 Å². The van der Waals surface area contributed by atoms with E-state index in [1.54, 1.807) is 30.1 Å². The minimum Gasteiger partial charge on any atom is -0.497 e. The first-order valence-electron chi connectivity index (χ1n) is 12.9. The first kappa shape index (κ1) is 28.9. The monoisotopic (exact) mass is 589 g/mol. The zero-order valence-corrected chi connectivity index (χ0v) is 23.3. The van der Waals surface area contributed by atoms with Crippen LogP contribution in [0.1, 0.15) is 16.7 Å². The molecule has 2 heterocycles. The van der Waals surface area contributed by atoms with Crippen molar-refractivity contribution in [1.82, 2.24) is 14.7 Å². The predicted octanol–water partition coefficient (Wildman–Crippen LogP) is 6.63. The summed E-state index contributed by atoms with van der Waals surface area (Å²) in [4.78, 5) is 14.6. The summed E-state index contributed by atoms with van der Waals surface area (Å²) < 4.78 is 46.6. The SMILES string of the molecule is C=CCN1C(=O)C(Cc2cccc(C(F)(F)F)c2)SC1=NN=Cc1cn(-c2ccccc2)nc1-c1ccc(OC)cc1. The highest BCUT2D eigenvalue weighted by Crippen LogP contribution is 2.33. The standard InChI is InChI=1S/C31H26F3N5O2S/c1-3-16-38-29(40)27(18-21-8-7-9-24(17-21)31(32,33)34)42-30(38)36-35-19-23-20-39(25-10-5-4-6-11-25)37-28(23)22-12-14-26(41-2)15-13-22/h3-15,17,19-20,27H,1,16,18H2,2H3. The number of carbonyl (C=O) groups excluding carboxylic acids is 1. The summed E-state index contributed by atoms with van der Waals surface area (Å²) in [7, 11) is 1.60. The van der Waals surface area contributed by atoms with Gasteiger partial charge in [0, 0.05) is 23.9 Å². The van der Waals surface area contributed by atoms with Gasteiger partial charge in [-0.05, 0) is 54.4 Å². The molecule has 0 aliphatic carbocycles. The van der Waals surface area contributed by atoms with Crippen molar-refractivity contribution in [3.05, 3.63) is 114 Å². The molecule has 0 saturated carbocycles. The Kier molecular flexibility index (Phi) is 8.58. The summed E-state index contributed by atoms with van der Waals surface area (Å²) in [5, 5.41) is 13.1. The Morgan fingerprint density at radius 3 is 2.52 bits per heavy atom. The Morgan fingerprint density at radius 2 is 1.83 bits per heavy atom. The van der Waals surface area contributed by atoms with Crippen LogP contribution in [0.25, 0.3) is 16.9 Å². The highest BCUT2D eigenvalue weighted by Gasteiger charge is 2.38. The van der Waals surface area contributed by atoms with E-state index in [9.17, 15) is 18.0 Å². The molecule has 1 unspecified atom stereocenters. The van der Waals surface area contributed by atoms with Gasteiger partial charge in [0.15, 0.2) is 5.17 Å². The molecule has 1 saturated heterocycles. The average Bonchev–Trinajstić information content (AvgIpc) is 3.55. The van der Waals surface area contributed by atoms with Crippen molar-refractivity contribution in [2.45, 2.75) is 17.8 Å². The van der Waals surface area contributed by atoms with E-state index in [2.05, 4.69) is 16.8 Å². The van der Waals surface area contributed by atoms with Crippen LogP contribution in [-0.4, -0.2) is 50.9 Å². The molecule has 0 bridgehead atoms. The fourth-order valence-corrected chi connectivity index (χ4v) is 5.55. The molecule has 1 aromatic heterocycles. The molecule has 1 fully saturated rings. The van der Waals surface area contributed by atoms with Crippen molar-refractivity contribution in [1.29, 1.82) is 0 Å². The minimum absolute atomic E-state index is 0.120. The van der Waals surface area contributed by atoms with Crippen molar-refractivity contribution < 1.29 is 22.7 Å². The zero-order chi connectivity index (χ0) is 29.7. The summed E-state index contributed by atoms with van der Waals surface area (Å²) in [5.74, 6) is 0.454. The van der Waals surface area contributed by atoms with Crippen LogP contribution in [0.4, 0.5) is 13.2 Å². The molecule has 3 aromatic carbocycles. The maximum atomic E-state index is 13.2. The van der Waals surface area contributed by atoms with Crippen molar-refractivity contribution >= 4 is 29.1 Å². The van der Waals surface area contributed by atoms with Gasteiger partial charge in [0.2, 0.25) is 5.91 Å². The summed E-state index contributed by atoms with van der Waals surface area (Å²) >= 11 is 1.17. The number of hydrogen-bond acceptors (Lipinski definition) is 6. The number of benzene rings is 3. The number of alkyl halides is 3. The van der Waals surface area contributed by atoms with Gasteiger partial charge in [-0.25, -0.2) is 4.68 Å². The van der Waals surface area contributed by atoms with E-state index in [1.165, 1.54) is 22.7 Å². The quantitative estimate of drug-likeness (QED) is 0.125. The van der Waals surface area contributed by atoms with Crippen molar-refractivity contribution in [3.8, 4) is 22.7 Å².